The number of hydrogen-bond acceptors (Lipinski definition) is 7. The number of ether oxygens (including phenoxy) is 1. The number of benzene rings is 1. The molecule has 4 aliphatic heterocycles. The van der Waals surface area contributed by atoms with Crippen molar-refractivity contribution < 1.29 is 18.7 Å². The Hall–Kier alpha value is -3.68. The minimum Gasteiger partial charge on any atom is -0.489 e. The lowest BCUT2D eigenvalue weighted by Crippen LogP contribution is -2.57. The number of nitriles is 1. The van der Waals surface area contributed by atoms with Crippen LogP contribution in [0.3, 0.4) is 0 Å². The number of aromatic nitrogens is 1. The van der Waals surface area contributed by atoms with E-state index in [9.17, 15) is 14.9 Å². The Bertz CT molecular complexity index is 1470. The summed E-state index contributed by atoms with van der Waals surface area (Å²) >= 11 is 6.90. The zero-order valence-electron chi connectivity index (χ0n) is 23.1. The molecule has 9 nitrogen and oxygen atoms in total. The molecule has 0 spiro atoms. The Morgan fingerprint density at radius 3 is 2.68 bits per heavy atom. The molecule has 0 unspecified atom stereocenters. The minimum absolute atomic E-state index is 0.0308. The quantitative estimate of drug-likeness (QED) is 0.512. The van der Waals surface area contributed by atoms with E-state index < -0.39 is 17.4 Å². The first-order valence-corrected chi connectivity index (χ1v) is 14.3. The van der Waals surface area contributed by atoms with Gasteiger partial charge in [0, 0.05) is 56.4 Å². The molecule has 0 saturated carbocycles. The third-order valence-electron chi connectivity index (χ3n) is 8.79. The van der Waals surface area contributed by atoms with Crippen LogP contribution in [0.25, 0.3) is 11.3 Å². The molecule has 0 bridgehead atoms. The number of carbonyl (C=O) groups is 2. The molecule has 5 heterocycles. The van der Waals surface area contributed by atoms with Crippen LogP contribution >= 0.6 is 11.6 Å². The van der Waals surface area contributed by atoms with E-state index in [1.54, 1.807) is 28.0 Å². The van der Waals surface area contributed by atoms with Crippen LogP contribution in [0.1, 0.15) is 30.6 Å². The average Bonchev–Trinajstić information content (AvgIpc) is 3.16. The zero-order chi connectivity index (χ0) is 29.1. The number of halogens is 2. The molecule has 3 saturated heterocycles. The summed E-state index contributed by atoms with van der Waals surface area (Å²) in [6, 6.07) is 8.38. The molecule has 4 aliphatic rings. The van der Waals surface area contributed by atoms with Crippen molar-refractivity contribution >= 4 is 29.2 Å². The number of pyridine rings is 1. The van der Waals surface area contributed by atoms with Gasteiger partial charge < -0.3 is 19.4 Å². The number of amides is 2. The van der Waals surface area contributed by atoms with E-state index in [4.69, 9.17) is 21.3 Å². The molecule has 2 amide bonds. The first-order chi connectivity index (χ1) is 19.6. The summed E-state index contributed by atoms with van der Waals surface area (Å²) < 4.78 is 21.4. The number of carbonyl (C=O) groups excluding carboxylic acids is 2. The standard InChI is InChI=1S/C30H32ClFN6O3/c1-4-23(39)35-9-10-37-20(15-35)17-41-27-24(29(37)40)28(34-26(25(27)31)21-7-5-6-8-22(21)32)38-16-19(11-30(38,2)3)36-13-18(12-33)14-36/h4-8,18-20H,1,9-11,13-17H2,2-3H3/t19-,20-/m1/s1. The van der Waals surface area contributed by atoms with Gasteiger partial charge in [0.25, 0.3) is 5.91 Å². The van der Waals surface area contributed by atoms with Gasteiger partial charge in [-0.15, -0.1) is 0 Å². The Labute approximate surface area is 243 Å². The maximum atomic E-state index is 15.1. The molecule has 2 atom stereocenters. The highest BCUT2D eigenvalue weighted by atomic mass is 35.5. The number of fused-ring (bicyclic) bond motifs is 2. The molecular weight excluding hydrogens is 547 g/mol. The molecule has 0 aliphatic carbocycles. The second-order valence-corrected chi connectivity index (χ2v) is 12.2. The van der Waals surface area contributed by atoms with Crippen molar-refractivity contribution in [1.29, 1.82) is 5.26 Å². The lowest BCUT2D eigenvalue weighted by Gasteiger charge is -2.40. The van der Waals surface area contributed by atoms with Crippen LogP contribution in [-0.2, 0) is 4.79 Å². The fraction of sp³-hybridized carbons (Fsp3) is 0.467. The summed E-state index contributed by atoms with van der Waals surface area (Å²) in [4.78, 5) is 39.4. The van der Waals surface area contributed by atoms with Gasteiger partial charge in [-0.05, 0) is 38.5 Å². The molecule has 1 aromatic carbocycles. The van der Waals surface area contributed by atoms with E-state index in [-0.39, 0.29) is 58.0 Å². The van der Waals surface area contributed by atoms with Crippen LogP contribution in [0.15, 0.2) is 36.9 Å². The molecule has 214 valence electrons. The lowest BCUT2D eigenvalue weighted by atomic mass is 9.94. The van der Waals surface area contributed by atoms with E-state index in [2.05, 4.69) is 36.3 Å². The van der Waals surface area contributed by atoms with Crippen molar-refractivity contribution in [2.24, 2.45) is 5.92 Å². The third kappa shape index (κ3) is 4.61. The highest BCUT2D eigenvalue weighted by Crippen LogP contribution is 2.47. The van der Waals surface area contributed by atoms with Crippen LogP contribution in [-0.4, -0.2) is 95.0 Å². The van der Waals surface area contributed by atoms with Crippen molar-refractivity contribution in [1.82, 2.24) is 19.7 Å². The predicted molar refractivity (Wildman–Crippen MR) is 152 cm³/mol. The van der Waals surface area contributed by atoms with E-state index >= 15 is 4.39 Å². The molecule has 11 heteroatoms. The smallest absolute Gasteiger partial charge is 0.261 e. The lowest BCUT2D eigenvalue weighted by molar-refractivity contribution is -0.128. The topological polar surface area (TPSA) is 93.0 Å². The van der Waals surface area contributed by atoms with Gasteiger partial charge in [0.1, 0.15) is 28.8 Å². The summed E-state index contributed by atoms with van der Waals surface area (Å²) in [7, 11) is 0. The molecule has 1 aromatic heterocycles. The van der Waals surface area contributed by atoms with E-state index in [1.807, 2.05) is 0 Å². The van der Waals surface area contributed by atoms with Gasteiger partial charge in [0.2, 0.25) is 5.91 Å². The first kappa shape index (κ1) is 27.5. The van der Waals surface area contributed by atoms with Crippen molar-refractivity contribution in [2.75, 3.05) is 50.8 Å². The normalized spacial score (nSPS) is 24.1. The number of piperazine rings is 1. The Morgan fingerprint density at radius 2 is 1.98 bits per heavy atom. The van der Waals surface area contributed by atoms with Crippen LogP contribution in [0.5, 0.6) is 5.75 Å². The van der Waals surface area contributed by atoms with Gasteiger partial charge in [-0.1, -0.05) is 30.3 Å². The van der Waals surface area contributed by atoms with Crippen molar-refractivity contribution in [3.05, 3.63) is 53.3 Å². The van der Waals surface area contributed by atoms with Crippen LogP contribution in [0.4, 0.5) is 10.2 Å². The number of hydrogen-bond donors (Lipinski definition) is 0. The van der Waals surface area contributed by atoms with E-state index in [0.717, 1.165) is 19.5 Å². The summed E-state index contributed by atoms with van der Waals surface area (Å²) in [6.07, 6.45) is 2.07. The summed E-state index contributed by atoms with van der Waals surface area (Å²) in [5.74, 6) is -0.332. The fourth-order valence-corrected chi connectivity index (χ4v) is 6.82. The minimum atomic E-state index is -0.481. The van der Waals surface area contributed by atoms with Crippen LogP contribution in [0, 0.1) is 23.1 Å². The Morgan fingerprint density at radius 1 is 1.22 bits per heavy atom. The highest BCUT2D eigenvalue weighted by molar-refractivity contribution is 6.35. The van der Waals surface area contributed by atoms with Crippen molar-refractivity contribution in [3.8, 4) is 23.1 Å². The zero-order valence-corrected chi connectivity index (χ0v) is 23.9. The second kappa shape index (κ2) is 10.3. The van der Waals surface area contributed by atoms with Gasteiger partial charge in [-0.3, -0.25) is 14.5 Å². The third-order valence-corrected chi connectivity index (χ3v) is 9.14. The Kier molecular flexibility index (Phi) is 6.91. The van der Waals surface area contributed by atoms with Crippen molar-refractivity contribution in [2.45, 2.75) is 37.9 Å². The maximum absolute atomic E-state index is 15.1. The molecule has 41 heavy (non-hydrogen) atoms. The van der Waals surface area contributed by atoms with Gasteiger partial charge in [0.15, 0.2) is 5.75 Å². The number of nitrogens with zero attached hydrogens (tertiary/aromatic N) is 6. The highest BCUT2D eigenvalue weighted by Gasteiger charge is 2.48. The summed E-state index contributed by atoms with van der Waals surface area (Å²) in [6.45, 7) is 10.9. The first-order valence-electron chi connectivity index (χ1n) is 13.9. The number of anilines is 1. The molecule has 3 fully saturated rings. The molecule has 0 radical (unpaired) electrons. The number of rotatable bonds is 4. The number of likely N-dealkylation sites (tertiary alicyclic amines) is 1. The largest absolute Gasteiger partial charge is 0.489 e. The molecule has 2 aromatic rings. The monoisotopic (exact) mass is 578 g/mol. The van der Waals surface area contributed by atoms with Crippen molar-refractivity contribution in [3.63, 3.8) is 0 Å². The SMILES string of the molecule is C=CC(=O)N1CCN2C(=O)c3c(N4C[C@H](N5CC(C#N)C5)CC4(C)C)nc(-c4ccccc4F)c(Cl)c3OC[C@H]2C1. The van der Waals surface area contributed by atoms with E-state index in [1.165, 1.54) is 12.1 Å². The van der Waals surface area contributed by atoms with E-state index in [0.29, 0.717) is 32.0 Å². The second-order valence-electron chi connectivity index (χ2n) is 11.8. The fourth-order valence-electron chi connectivity index (χ4n) is 6.52. The summed E-state index contributed by atoms with van der Waals surface area (Å²) in [5.41, 5.74) is 0.288. The summed E-state index contributed by atoms with van der Waals surface area (Å²) in [5, 5.41) is 9.37. The van der Waals surface area contributed by atoms with Gasteiger partial charge >= 0.3 is 0 Å². The molecular formula is C30H32ClFN6O3. The Balaban J connectivity index is 1.46. The molecule has 6 rings (SSSR count). The van der Waals surface area contributed by atoms with Gasteiger partial charge in [-0.25, -0.2) is 9.37 Å². The molecule has 0 N–H and O–H groups in total. The average molecular weight is 579 g/mol. The predicted octanol–water partition coefficient (Wildman–Crippen LogP) is 3.59. The van der Waals surface area contributed by atoms with Crippen LogP contribution in [0.2, 0.25) is 5.02 Å². The van der Waals surface area contributed by atoms with Gasteiger partial charge in [0.05, 0.1) is 23.7 Å². The van der Waals surface area contributed by atoms with Crippen LogP contribution < -0.4 is 9.64 Å². The maximum Gasteiger partial charge on any atom is 0.261 e. The van der Waals surface area contributed by atoms with Gasteiger partial charge in [-0.2, -0.15) is 5.26 Å².